The van der Waals surface area contributed by atoms with Crippen LogP contribution in [0.4, 0.5) is 5.82 Å². The normalized spacial score (nSPS) is 12.2. The minimum Gasteiger partial charge on any atom is -0.440 e. The molecule has 98 valence electrons. The molecular weight excluding hydrogens is 240 g/mol. The molecule has 0 amide bonds. The highest BCUT2D eigenvalue weighted by atomic mass is 16.3. The Kier molecular flexibility index (Phi) is 2.38. The van der Waals surface area contributed by atoms with E-state index >= 15 is 0 Å². The first kappa shape index (κ1) is 11.8. The molecule has 2 heterocycles. The molecule has 0 unspecified atom stereocenters. The second kappa shape index (κ2) is 3.85. The van der Waals surface area contributed by atoms with Gasteiger partial charge < -0.3 is 10.2 Å². The number of benzene rings is 1. The Balaban J connectivity index is 2.11. The van der Waals surface area contributed by atoms with Crippen molar-refractivity contribution < 1.29 is 4.42 Å². The third-order valence-corrected chi connectivity index (χ3v) is 2.94. The largest absolute Gasteiger partial charge is 0.440 e. The Morgan fingerprint density at radius 2 is 2.00 bits per heavy atom. The summed E-state index contributed by atoms with van der Waals surface area (Å²) in [7, 11) is 0. The summed E-state index contributed by atoms with van der Waals surface area (Å²) < 4.78 is 5.77. The predicted molar refractivity (Wildman–Crippen MR) is 74.7 cm³/mol. The summed E-state index contributed by atoms with van der Waals surface area (Å²) >= 11 is 0. The molecule has 19 heavy (non-hydrogen) atoms. The number of aromatic amines is 1. The highest BCUT2D eigenvalue weighted by molar-refractivity contribution is 5.79. The van der Waals surface area contributed by atoms with Crippen molar-refractivity contribution in [2.45, 2.75) is 26.2 Å². The average Bonchev–Trinajstić information content (AvgIpc) is 2.92. The number of nitrogens with one attached hydrogen (secondary N) is 1. The molecule has 3 rings (SSSR count). The first-order chi connectivity index (χ1) is 8.93. The first-order valence-electron chi connectivity index (χ1n) is 6.16. The molecule has 2 aromatic heterocycles. The van der Waals surface area contributed by atoms with Crippen LogP contribution in [0.15, 0.2) is 28.7 Å². The second-order valence-corrected chi connectivity index (χ2v) is 5.66. The first-order valence-corrected chi connectivity index (χ1v) is 6.16. The molecule has 0 fully saturated rings. The fourth-order valence-corrected chi connectivity index (χ4v) is 1.90. The van der Waals surface area contributed by atoms with Crippen molar-refractivity contribution in [2.75, 3.05) is 5.73 Å². The SMILES string of the molecule is CC(C)(C)c1nc2cc(-c3cc(N)n[nH]3)ccc2o1. The molecule has 0 aliphatic rings. The number of anilines is 1. The zero-order valence-corrected chi connectivity index (χ0v) is 11.2. The van der Waals surface area contributed by atoms with Crippen LogP contribution in [-0.2, 0) is 5.41 Å². The number of nitrogens with zero attached hydrogens (tertiary/aromatic N) is 2. The number of H-pyrrole nitrogens is 1. The number of hydrogen-bond acceptors (Lipinski definition) is 4. The lowest BCUT2D eigenvalue weighted by Gasteiger charge is -2.11. The Hall–Kier alpha value is -2.30. The Morgan fingerprint density at radius 1 is 1.21 bits per heavy atom. The highest BCUT2D eigenvalue weighted by Gasteiger charge is 2.21. The van der Waals surface area contributed by atoms with Crippen LogP contribution >= 0.6 is 0 Å². The predicted octanol–water partition coefficient (Wildman–Crippen LogP) is 3.10. The number of hydrogen-bond donors (Lipinski definition) is 2. The van der Waals surface area contributed by atoms with Crippen molar-refractivity contribution in [3.8, 4) is 11.3 Å². The van der Waals surface area contributed by atoms with Gasteiger partial charge in [0.1, 0.15) is 11.3 Å². The van der Waals surface area contributed by atoms with Crippen molar-refractivity contribution in [1.82, 2.24) is 15.2 Å². The van der Waals surface area contributed by atoms with Crippen LogP contribution in [0.25, 0.3) is 22.4 Å². The van der Waals surface area contributed by atoms with Crippen molar-refractivity contribution >= 4 is 16.9 Å². The van der Waals surface area contributed by atoms with Crippen LogP contribution in [-0.4, -0.2) is 15.2 Å². The van der Waals surface area contributed by atoms with E-state index in [1.807, 2.05) is 18.2 Å². The summed E-state index contributed by atoms with van der Waals surface area (Å²) in [5.41, 5.74) is 9.02. The van der Waals surface area contributed by atoms with Gasteiger partial charge in [-0.15, -0.1) is 0 Å². The standard InChI is InChI=1S/C14H16N4O/c1-14(2,3)13-16-10-6-8(4-5-11(10)19-13)9-7-12(15)18-17-9/h4-7H,1-3H3,(H3,15,17,18). The van der Waals surface area contributed by atoms with Crippen LogP contribution < -0.4 is 5.73 Å². The molecule has 5 heteroatoms. The molecule has 0 atom stereocenters. The van der Waals surface area contributed by atoms with Crippen molar-refractivity contribution in [2.24, 2.45) is 0 Å². The molecule has 3 N–H and O–H groups in total. The van der Waals surface area contributed by atoms with Crippen molar-refractivity contribution in [1.29, 1.82) is 0 Å². The lowest BCUT2D eigenvalue weighted by atomic mass is 9.97. The minimum absolute atomic E-state index is 0.0996. The van der Waals surface area contributed by atoms with Crippen molar-refractivity contribution in [3.63, 3.8) is 0 Å². The van der Waals surface area contributed by atoms with Gasteiger partial charge in [-0.2, -0.15) is 5.10 Å². The highest BCUT2D eigenvalue weighted by Crippen LogP contribution is 2.28. The summed E-state index contributed by atoms with van der Waals surface area (Å²) in [6.07, 6.45) is 0. The molecule has 3 aromatic rings. The Labute approximate surface area is 110 Å². The van der Waals surface area contributed by atoms with E-state index in [1.54, 1.807) is 6.07 Å². The summed E-state index contributed by atoms with van der Waals surface area (Å²) in [5.74, 6) is 1.22. The lowest BCUT2D eigenvalue weighted by molar-refractivity contribution is 0.411. The number of rotatable bonds is 1. The molecule has 0 bridgehead atoms. The third kappa shape index (κ3) is 2.07. The number of aromatic nitrogens is 3. The van der Waals surface area contributed by atoms with E-state index in [0.717, 1.165) is 28.2 Å². The van der Waals surface area contributed by atoms with Gasteiger partial charge in [-0.25, -0.2) is 4.98 Å². The monoisotopic (exact) mass is 256 g/mol. The van der Waals surface area contributed by atoms with Crippen LogP contribution in [0.5, 0.6) is 0 Å². The van der Waals surface area contributed by atoms with Crippen LogP contribution in [0.1, 0.15) is 26.7 Å². The van der Waals surface area contributed by atoms with Gasteiger partial charge in [0.2, 0.25) is 5.89 Å². The zero-order chi connectivity index (χ0) is 13.6. The zero-order valence-electron chi connectivity index (χ0n) is 11.2. The quantitative estimate of drug-likeness (QED) is 0.701. The Bertz CT molecular complexity index is 733. The summed E-state index contributed by atoms with van der Waals surface area (Å²) in [4.78, 5) is 4.54. The Morgan fingerprint density at radius 3 is 2.63 bits per heavy atom. The summed E-state index contributed by atoms with van der Waals surface area (Å²) in [5, 5.41) is 6.82. The molecular formula is C14H16N4O. The van der Waals surface area contributed by atoms with Gasteiger partial charge in [-0.1, -0.05) is 20.8 Å². The van der Waals surface area contributed by atoms with E-state index in [9.17, 15) is 0 Å². The maximum Gasteiger partial charge on any atom is 0.200 e. The molecule has 0 aliphatic heterocycles. The topological polar surface area (TPSA) is 80.7 Å². The van der Waals surface area contributed by atoms with Crippen LogP contribution in [0, 0.1) is 0 Å². The summed E-state index contributed by atoms with van der Waals surface area (Å²) in [6, 6.07) is 7.66. The molecule has 0 saturated heterocycles. The maximum absolute atomic E-state index is 5.77. The van der Waals surface area contributed by atoms with Gasteiger partial charge in [-0.3, -0.25) is 5.10 Å². The second-order valence-electron chi connectivity index (χ2n) is 5.66. The smallest absolute Gasteiger partial charge is 0.200 e. The lowest BCUT2D eigenvalue weighted by Crippen LogP contribution is -2.10. The summed E-state index contributed by atoms with van der Waals surface area (Å²) in [6.45, 7) is 6.23. The molecule has 0 spiro atoms. The van der Waals surface area contributed by atoms with Gasteiger partial charge in [0.25, 0.3) is 0 Å². The van der Waals surface area contributed by atoms with Crippen LogP contribution in [0.3, 0.4) is 0 Å². The molecule has 0 saturated carbocycles. The van der Waals surface area contributed by atoms with Gasteiger partial charge in [-0.05, 0) is 18.2 Å². The van der Waals surface area contributed by atoms with E-state index in [-0.39, 0.29) is 5.41 Å². The number of oxazole rings is 1. The maximum atomic E-state index is 5.77. The van der Waals surface area contributed by atoms with Crippen LogP contribution in [0.2, 0.25) is 0 Å². The number of nitrogen functional groups attached to an aromatic ring is 1. The molecule has 5 nitrogen and oxygen atoms in total. The van der Waals surface area contributed by atoms with E-state index in [2.05, 4.69) is 36.0 Å². The molecule has 0 aliphatic carbocycles. The fourth-order valence-electron chi connectivity index (χ4n) is 1.90. The molecule has 1 aromatic carbocycles. The van der Waals surface area contributed by atoms with E-state index in [4.69, 9.17) is 10.2 Å². The van der Waals surface area contributed by atoms with Gasteiger partial charge in [0.05, 0.1) is 5.69 Å². The average molecular weight is 256 g/mol. The van der Waals surface area contributed by atoms with Gasteiger partial charge in [0.15, 0.2) is 5.58 Å². The fraction of sp³-hybridized carbons (Fsp3) is 0.286. The van der Waals surface area contributed by atoms with E-state index in [1.165, 1.54) is 0 Å². The van der Waals surface area contributed by atoms with Gasteiger partial charge >= 0.3 is 0 Å². The number of fused-ring (bicyclic) bond motifs is 1. The van der Waals surface area contributed by atoms with Gasteiger partial charge in [0, 0.05) is 17.0 Å². The van der Waals surface area contributed by atoms with E-state index in [0.29, 0.717) is 5.82 Å². The minimum atomic E-state index is -0.0996. The van der Waals surface area contributed by atoms with Crippen molar-refractivity contribution in [3.05, 3.63) is 30.2 Å². The van der Waals surface area contributed by atoms with E-state index < -0.39 is 0 Å². The number of nitrogens with two attached hydrogens (primary N) is 1. The molecule has 0 radical (unpaired) electrons. The third-order valence-electron chi connectivity index (χ3n) is 2.94.